The van der Waals surface area contributed by atoms with E-state index in [9.17, 15) is 14.4 Å². The SMILES string of the molecule is CCC(=O)OC(C(C)=O)C(OC)C(=O)O. The number of hydrogen-bond acceptors (Lipinski definition) is 5. The summed E-state index contributed by atoms with van der Waals surface area (Å²) in [5.41, 5.74) is 0. The highest BCUT2D eigenvalue weighted by atomic mass is 16.6. The van der Waals surface area contributed by atoms with Crippen LogP contribution in [-0.4, -0.2) is 42.1 Å². The number of carboxylic acid groups (broad SMARTS) is 1. The van der Waals surface area contributed by atoms with Gasteiger partial charge in [0.15, 0.2) is 18.0 Å². The van der Waals surface area contributed by atoms with E-state index in [0.717, 1.165) is 14.0 Å². The fourth-order valence-corrected chi connectivity index (χ4v) is 0.937. The third-order valence-electron chi connectivity index (χ3n) is 1.72. The Morgan fingerprint density at radius 3 is 2.07 bits per heavy atom. The molecule has 6 heteroatoms. The molecule has 2 unspecified atom stereocenters. The molecule has 0 aromatic carbocycles. The lowest BCUT2D eigenvalue weighted by Crippen LogP contribution is -2.43. The highest BCUT2D eigenvalue weighted by molar-refractivity contribution is 5.89. The van der Waals surface area contributed by atoms with Crippen molar-refractivity contribution in [3.05, 3.63) is 0 Å². The van der Waals surface area contributed by atoms with E-state index in [1.807, 2.05) is 0 Å². The van der Waals surface area contributed by atoms with Gasteiger partial charge in [0.25, 0.3) is 0 Å². The molecule has 6 nitrogen and oxygen atoms in total. The largest absolute Gasteiger partial charge is 0.479 e. The molecule has 0 rings (SSSR count). The molecule has 0 aromatic rings. The molecule has 0 bridgehead atoms. The number of hydrogen-bond donors (Lipinski definition) is 1. The summed E-state index contributed by atoms with van der Waals surface area (Å²) in [5.74, 6) is -2.55. The van der Waals surface area contributed by atoms with Crippen LogP contribution < -0.4 is 0 Å². The molecule has 0 aliphatic carbocycles. The molecule has 15 heavy (non-hydrogen) atoms. The van der Waals surface area contributed by atoms with Gasteiger partial charge in [0.1, 0.15) is 0 Å². The molecule has 0 amide bonds. The molecule has 0 heterocycles. The zero-order chi connectivity index (χ0) is 12.0. The van der Waals surface area contributed by atoms with E-state index in [1.54, 1.807) is 6.92 Å². The summed E-state index contributed by atoms with van der Waals surface area (Å²) in [6, 6.07) is 0. The van der Waals surface area contributed by atoms with Crippen molar-refractivity contribution >= 4 is 17.7 Å². The van der Waals surface area contributed by atoms with E-state index in [0.29, 0.717) is 0 Å². The molecule has 0 saturated carbocycles. The number of carbonyl (C=O) groups is 3. The van der Waals surface area contributed by atoms with Crippen LogP contribution in [0.3, 0.4) is 0 Å². The monoisotopic (exact) mass is 218 g/mol. The fraction of sp³-hybridized carbons (Fsp3) is 0.667. The average molecular weight is 218 g/mol. The first kappa shape index (κ1) is 13.6. The molecule has 2 atom stereocenters. The highest BCUT2D eigenvalue weighted by Gasteiger charge is 2.34. The van der Waals surface area contributed by atoms with Gasteiger partial charge in [-0.25, -0.2) is 4.79 Å². The van der Waals surface area contributed by atoms with Gasteiger partial charge in [-0.15, -0.1) is 0 Å². The lowest BCUT2D eigenvalue weighted by Gasteiger charge is -2.20. The molecule has 0 fully saturated rings. The Balaban J connectivity index is 4.70. The van der Waals surface area contributed by atoms with E-state index < -0.39 is 29.9 Å². The van der Waals surface area contributed by atoms with Crippen molar-refractivity contribution in [2.24, 2.45) is 0 Å². The van der Waals surface area contributed by atoms with Crippen LogP contribution in [0.1, 0.15) is 20.3 Å². The quantitative estimate of drug-likeness (QED) is 0.631. The standard InChI is InChI=1S/C9H14O6/c1-4-6(11)15-7(5(2)10)8(14-3)9(12)13/h7-8H,4H2,1-3H3,(H,12,13). The summed E-state index contributed by atoms with van der Waals surface area (Å²) in [4.78, 5) is 32.7. The molecule has 0 aromatic heterocycles. The highest BCUT2D eigenvalue weighted by Crippen LogP contribution is 2.07. The number of aliphatic carboxylic acids is 1. The summed E-state index contributed by atoms with van der Waals surface area (Å²) >= 11 is 0. The summed E-state index contributed by atoms with van der Waals surface area (Å²) in [7, 11) is 1.13. The Bertz CT molecular complexity index is 259. The van der Waals surface area contributed by atoms with Crippen LogP contribution in [0.25, 0.3) is 0 Å². The number of ether oxygens (including phenoxy) is 2. The Morgan fingerprint density at radius 2 is 1.80 bits per heavy atom. The molecular weight excluding hydrogens is 204 g/mol. The van der Waals surface area contributed by atoms with E-state index in [2.05, 4.69) is 9.47 Å². The second kappa shape index (κ2) is 6.13. The number of rotatable bonds is 6. The average Bonchev–Trinajstić information content (AvgIpc) is 2.16. The maximum Gasteiger partial charge on any atom is 0.337 e. The Labute approximate surface area is 87.2 Å². The summed E-state index contributed by atoms with van der Waals surface area (Å²) in [5, 5.41) is 8.71. The molecule has 0 spiro atoms. The molecule has 0 aliphatic rings. The number of esters is 1. The Hall–Kier alpha value is -1.43. The van der Waals surface area contributed by atoms with Crippen molar-refractivity contribution in [3.63, 3.8) is 0 Å². The Kier molecular flexibility index (Phi) is 5.54. The van der Waals surface area contributed by atoms with Crippen molar-refractivity contribution in [2.75, 3.05) is 7.11 Å². The van der Waals surface area contributed by atoms with Crippen molar-refractivity contribution < 1.29 is 29.0 Å². The Morgan fingerprint density at radius 1 is 1.27 bits per heavy atom. The molecule has 0 aliphatic heterocycles. The fourth-order valence-electron chi connectivity index (χ4n) is 0.937. The van der Waals surface area contributed by atoms with Crippen LogP contribution in [0.15, 0.2) is 0 Å². The first-order valence-electron chi connectivity index (χ1n) is 4.39. The van der Waals surface area contributed by atoms with Gasteiger partial charge in [-0.1, -0.05) is 6.92 Å². The van der Waals surface area contributed by atoms with Gasteiger partial charge in [-0.2, -0.15) is 0 Å². The zero-order valence-corrected chi connectivity index (χ0v) is 8.85. The number of carbonyl (C=O) groups excluding carboxylic acids is 2. The minimum atomic E-state index is -1.46. The minimum absolute atomic E-state index is 0.0693. The van der Waals surface area contributed by atoms with Crippen LogP contribution in [0.2, 0.25) is 0 Å². The molecular formula is C9H14O6. The summed E-state index contributed by atoms with van der Waals surface area (Å²) in [6.07, 6.45) is -2.78. The van der Waals surface area contributed by atoms with E-state index in [-0.39, 0.29) is 6.42 Å². The van der Waals surface area contributed by atoms with Crippen LogP contribution in [0, 0.1) is 0 Å². The van der Waals surface area contributed by atoms with Gasteiger partial charge in [-0.3, -0.25) is 9.59 Å². The number of Topliss-reactive ketones (excluding diaryl/α,β-unsaturated/α-hetero) is 1. The molecule has 1 N–H and O–H groups in total. The second-order valence-electron chi connectivity index (χ2n) is 2.87. The van der Waals surface area contributed by atoms with Crippen LogP contribution in [0.5, 0.6) is 0 Å². The molecule has 0 radical (unpaired) electrons. The number of methoxy groups -OCH3 is 1. The molecule has 86 valence electrons. The minimum Gasteiger partial charge on any atom is -0.479 e. The third-order valence-corrected chi connectivity index (χ3v) is 1.72. The number of ketones is 1. The summed E-state index contributed by atoms with van der Waals surface area (Å²) < 4.78 is 9.26. The lowest BCUT2D eigenvalue weighted by molar-refractivity contribution is -0.172. The van der Waals surface area contributed by atoms with Crippen molar-refractivity contribution in [3.8, 4) is 0 Å². The van der Waals surface area contributed by atoms with E-state index in [4.69, 9.17) is 5.11 Å². The van der Waals surface area contributed by atoms with Crippen LogP contribution in [-0.2, 0) is 23.9 Å². The van der Waals surface area contributed by atoms with Gasteiger partial charge in [0.05, 0.1) is 0 Å². The second-order valence-corrected chi connectivity index (χ2v) is 2.87. The van der Waals surface area contributed by atoms with E-state index in [1.165, 1.54) is 0 Å². The van der Waals surface area contributed by atoms with Crippen molar-refractivity contribution in [1.82, 2.24) is 0 Å². The normalized spacial score (nSPS) is 14.1. The van der Waals surface area contributed by atoms with Gasteiger partial charge in [-0.05, 0) is 6.92 Å². The lowest BCUT2D eigenvalue weighted by atomic mass is 10.1. The smallest absolute Gasteiger partial charge is 0.337 e. The van der Waals surface area contributed by atoms with Crippen LogP contribution in [0.4, 0.5) is 0 Å². The van der Waals surface area contributed by atoms with Crippen LogP contribution >= 0.6 is 0 Å². The van der Waals surface area contributed by atoms with Crippen molar-refractivity contribution in [2.45, 2.75) is 32.5 Å². The topological polar surface area (TPSA) is 89.9 Å². The van der Waals surface area contributed by atoms with Gasteiger partial charge in [0, 0.05) is 13.5 Å². The zero-order valence-electron chi connectivity index (χ0n) is 8.85. The first-order valence-corrected chi connectivity index (χ1v) is 4.39. The van der Waals surface area contributed by atoms with E-state index >= 15 is 0 Å². The summed E-state index contributed by atoms with van der Waals surface area (Å²) in [6.45, 7) is 2.69. The van der Waals surface area contributed by atoms with Gasteiger partial charge < -0.3 is 14.6 Å². The predicted molar refractivity (Wildman–Crippen MR) is 49.3 cm³/mol. The third kappa shape index (κ3) is 4.07. The maximum atomic E-state index is 11.1. The molecule has 0 saturated heterocycles. The first-order chi connectivity index (χ1) is 6.93. The maximum absolute atomic E-state index is 11.1. The van der Waals surface area contributed by atoms with Gasteiger partial charge >= 0.3 is 11.9 Å². The predicted octanol–water partition coefficient (Wildman–Crippen LogP) is -0.00320. The van der Waals surface area contributed by atoms with Gasteiger partial charge in [0.2, 0.25) is 0 Å². The van der Waals surface area contributed by atoms with Crippen molar-refractivity contribution in [1.29, 1.82) is 0 Å². The number of carboxylic acids is 1.